The van der Waals surface area contributed by atoms with Gasteiger partial charge >= 0.3 is 5.97 Å². The number of carbonyl (C=O) groups is 1. The molecule has 0 fully saturated rings. The molecule has 44 heavy (non-hydrogen) atoms. The molecular weight excluding hydrogens is 572 g/mol. The van der Waals surface area contributed by atoms with E-state index in [1.165, 1.54) is 11.7 Å². The van der Waals surface area contributed by atoms with Crippen molar-refractivity contribution in [2.24, 2.45) is 7.05 Å². The molecule has 0 radical (unpaired) electrons. The van der Waals surface area contributed by atoms with Crippen LogP contribution in [0.15, 0.2) is 91.0 Å². The van der Waals surface area contributed by atoms with Crippen molar-refractivity contribution in [2.75, 3.05) is 13.7 Å². The molecule has 0 spiro atoms. The van der Waals surface area contributed by atoms with Crippen molar-refractivity contribution >= 4 is 50.7 Å². The molecule has 0 saturated carbocycles. The van der Waals surface area contributed by atoms with E-state index in [-0.39, 0.29) is 6.61 Å². The number of para-hydroxylation sites is 1. The summed E-state index contributed by atoms with van der Waals surface area (Å²) < 4.78 is 30.8. The van der Waals surface area contributed by atoms with Crippen LogP contribution in [0.4, 0.5) is 0 Å². The zero-order valence-corrected chi connectivity index (χ0v) is 25.4. The highest BCUT2D eigenvalue weighted by Crippen LogP contribution is 2.45. The lowest BCUT2D eigenvalue weighted by Gasteiger charge is -2.16. The number of hydrogen-bond donors (Lipinski definition) is 0. The van der Waals surface area contributed by atoms with Crippen molar-refractivity contribution in [3.63, 3.8) is 0 Å². The maximum Gasteiger partial charge on any atom is 0.355 e. The van der Waals surface area contributed by atoms with Gasteiger partial charge in [0.05, 0.1) is 42.0 Å². The zero-order valence-electron chi connectivity index (χ0n) is 24.6. The van der Waals surface area contributed by atoms with Gasteiger partial charge in [0.2, 0.25) is 0 Å². The molecule has 7 rings (SSSR count). The van der Waals surface area contributed by atoms with Gasteiger partial charge in [0.1, 0.15) is 34.8 Å². The van der Waals surface area contributed by atoms with Gasteiger partial charge < -0.3 is 23.3 Å². The van der Waals surface area contributed by atoms with Gasteiger partial charge in [-0.25, -0.2) is 4.79 Å². The molecule has 0 atom stereocenters. The van der Waals surface area contributed by atoms with Crippen LogP contribution in [-0.2, 0) is 24.9 Å². The quantitative estimate of drug-likeness (QED) is 0.158. The molecule has 3 aromatic heterocycles. The Kier molecular flexibility index (Phi) is 7.23. The maximum atomic E-state index is 14.0. The summed E-state index contributed by atoms with van der Waals surface area (Å²) in [6.45, 7) is 2.86. The van der Waals surface area contributed by atoms with Crippen molar-refractivity contribution < 1.29 is 19.0 Å². The summed E-state index contributed by atoms with van der Waals surface area (Å²) in [5.41, 5.74) is 8.63. The number of fused-ring (bicyclic) bond motifs is 4. The van der Waals surface area contributed by atoms with Gasteiger partial charge in [-0.3, -0.25) is 0 Å². The minimum absolute atomic E-state index is 0.247. The van der Waals surface area contributed by atoms with E-state index in [0.717, 1.165) is 55.2 Å². The van der Waals surface area contributed by atoms with Crippen LogP contribution in [0.25, 0.3) is 44.1 Å². The van der Waals surface area contributed by atoms with Crippen LogP contribution in [-0.4, -0.2) is 37.6 Å². The van der Waals surface area contributed by atoms with Crippen molar-refractivity contribution in [3.8, 4) is 22.6 Å². The van der Waals surface area contributed by atoms with Gasteiger partial charge in [-0.2, -0.15) is 8.75 Å². The number of methoxy groups -OCH3 is 1. The molecule has 0 aliphatic heterocycles. The lowest BCUT2D eigenvalue weighted by atomic mass is 10.0. The predicted molar refractivity (Wildman–Crippen MR) is 174 cm³/mol. The smallest absolute Gasteiger partial charge is 0.355 e. The van der Waals surface area contributed by atoms with E-state index in [9.17, 15) is 4.79 Å². The molecule has 7 aromatic rings. The molecule has 3 heterocycles. The number of ether oxygens (including phenoxy) is 3. The molecule has 0 unspecified atom stereocenters. The summed E-state index contributed by atoms with van der Waals surface area (Å²) in [6.07, 6.45) is 0. The summed E-state index contributed by atoms with van der Waals surface area (Å²) in [6, 6.07) is 30.0. The highest BCUT2D eigenvalue weighted by Gasteiger charge is 2.31. The normalized spacial score (nSPS) is 11.4. The molecule has 0 amide bonds. The lowest BCUT2D eigenvalue weighted by molar-refractivity contribution is 0.0516. The Balaban J connectivity index is 1.51. The third kappa shape index (κ3) is 4.75. The summed E-state index contributed by atoms with van der Waals surface area (Å²) in [5, 5.41) is 1.04. The number of hydrogen-bond acceptors (Lipinski definition) is 7. The molecular formula is C35H30N4O4S. The van der Waals surface area contributed by atoms with Crippen LogP contribution in [0.5, 0.6) is 11.5 Å². The Hall–Kier alpha value is -5.15. The Labute approximate surface area is 258 Å². The number of aryl methyl sites for hydroxylation is 1. The second kappa shape index (κ2) is 11.5. The molecule has 0 N–H and O–H groups in total. The second-order valence-electron chi connectivity index (χ2n) is 10.5. The van der Waals surface area contributed by atoms with Crippen LogP contribution in [0, 0.1) is 0 Å². The van der Waals surface area contributed by atoms with E-state index in [2.05, 4.69) is 30.0 Å². The average molecular weight is 603 g/mol. The molecule has 0 aliphatic carbocycles. The number of esters is 1. The third-order valence-electron chi connectivity index (χ3n) is 7.92. The van der Waals surface area contributed by atoms with Crippen LogP contribution in [0.1, 0.15) is 28.5 Å². The second-order valence-corrected chi connectivity index (χ2v) is 11.1. The first-order chi connectivity index (χ1) is 21.6. The topological polar surface area (TPSA) is 80.4 Å². The number of carbonyl (C=O) groups excluding carboxylic acids is 1. The van der Waals surface area contributed by atoms with Crippen molar-refractivity contribution in [2.45, 2.75) is 20.1 Å². The minimum Gasteiger partial charge on any atom is -0.497 e. The van der Waals surface area contributed by atoms with Crippen LogP contribution < -0.4 is 9.47 Å². The molecule has 4 aromatic carbocycles. The van der Waals surface area contributed by atoms with Gasteiger partial charge in [0.15, 0.2) is 0 Å². The molecule has 0 saturated heterocycles. The molecule has 0 bridgehead atoms. The van der Waals surface area contributed by atoms with Gasteiger partial charge in [-0.1, -0.05) is 54.6 Å². The van der Waals surface area contributed by atoms with Crippen molar-refractivity contribution in [1.29, 1.82) is 0 Å². The molecule has 220 valence electrons. The number of benzene rings is 4. The summed E-state index contributed by atoms with van der Waals surface area (Å²) >= 11 is 1.19. The standard InChI is InChI=1S/C35H30N4O4S/c1-4-42-35(40)34-31(26-16-15-24(41-3)19-30(26)43-21-22-10-6-5-7-11-22)33-32(25-12-8-9-13-29(25)38(33)2)39(34)20-23-14-17-27-28(18-23)37-44-36-27/h5-19H,4,20-21H2,1-3H3. The number of aromatic nitrogens is 4. The first-order valence-electron chi connectivity index (χ1n) is 14.4. The largest absolute Gasteiger partial charge is 0.497 e. The fourth-order valence-corrected chi connectivity index (χ4v) is 6.43. The van der Waals surface area contributed by atoms with Gasteiger partial charge in [-0.15, -0.1) is 0 Å². The highest BCUT2D eigenvalue weighted by molar-refractivity contribution is 7.00. The van der Waals surface area contributed by atoms with Gasteiger partial charge in [0.25, 0.3) is 0 Å². The predicted octanol–water partition coefficient (Wildman–Crippen LogP) is 7.62. The first kappa shape index (κ1) is 27.7. The number of nitrogens with zero attached hydrogens (tertiary/aromatic N) is 4. The van der Waals surface area contributed by atoms with E-state index in [4.69, 9.17) is 14.2 Å². The Morgan fingerprint density at radius 2 is 1.66 bits per heavy atom. The minimum atomic E-state index is -0.399. The molecule has 9 heteroatoms. The Bertz CT molecular complexity index is 2150. The van der Waals surface area contributed by atoms with Crippen molar-refractivity contribution in [1.82, 2.24) is 17.9 Å². The van der Waals surface area contributed by atoms with Gasteiger partial charge in [-0.05, 0) is 48.4 Å². The van der Waals surface area contributed by atoms with Gasteiger partial charge in [0, 0.05) is 36.2 Å². The lowest BCUT2D eigenvalue weighted by Crippen LogP contribution is -2.14. The van der Waals surface area contributed by atoms with Crippen LogP contribution in [0.3, 0.4) is 0 Å². The maximum absolute atomic E-state index is 14.0. The summed E-state index contributed by atoms with van der Waals surface area (Å²) in [7, 11) is 3.67. The summed E-state index contributed by atoms with van der Waals surface area (Å²) in [5.74, 6) is 0.870. The van der Waals surface area contributed by atoms with E-state index < -0.39 is 5.97 Å². The van der Waals surface area contributed by atoms with E-state index in [0.29, 0.717) is 30.3 Å². The third-order valence-corrected chi connectivity index (χ3v) is 8.47. The van der Waals surface area contributed by atoms with E-state index >= 15 is 0 Å². The average Bonchev–Trinajstić information content (AvgIpc) is 3.74. The highest BCUT2D eigenvalue weighted by atomic mass is 32.1. The monoisotopic (exact) mass is 602 g/mol. The summed E-state index contributed by atoms with van der Waals surface area (Å²) in [4.78, 5) is 14.0. The molecule has 8 nitrogen and oxygen atoms in total. The fourth-order valence-electron chi connectivity index (χ4n) is 5.92. The van der Waals surface area contributed by atoms with E-state index in [1.54, 1.807) is 7.11 Å². The van der Waals surface area contributed by atoms with Crippen LogP contribution >= 0.6 is 11.7 Å². The molecule has 0 aliphatic rings. The van der Waals surface area contributed by atoms with Crippen LogP contribution in [0.2, 0.25) is 0 Å². The van der Waals surface area contributed by atoms with E-state index in [1.807, 2.05) is 92.8 Å². The zero-order chi connectivity index (χ0) is 30.2. The number of rotatable bonds is 9. The SMILES string of the molecule is CCOC(=O)c1c(-c2ccc(OC)cc2OCc2ccccc2)c2c(c3ccccc3n2C)n1Cc1ccc2nsnc2c1. The fraction of sp³-hybridized carbons (Fsp3) is 0.171. The Morgan fingerprint density at radius 1 is 0.864 bits per heavy atom. The Morgan fingerprint density at radius 3 is 2.48 bits per heavy atom. The van der Waals surface area contributed by atoms with Crippen molar-refractivity contribution in [3.05, 3.63) is 108 Å². The first-order valence-corrected chi connectivity index (χ1v) is 15.1.